The van der Waals surface area contributed by atoms with Crippen molar-refractivity contribution in [3.8, 4) is 0 Å². The molecule has 2 heteroatoms. The van der Waals surface area contributed by atoms with E-state index in [1.807, 2.05) is 0 Å². The second kappa shape index (κ2) is 3.05. The maximum Gasteiger partial charge on any atom is 0.110 e. The number of rotatable bonds is 3. The molecule has 0 saturated heterocycles. The van der Waals surface area contributed by atoms with Gasteiger partial charge in [0.2, 0.25) is 0 Å². The van der Waals surface area contributed by atoms with Crippen LogP contribution in [0.2, 0.25) is 0 Å². The third kappa shape index (κ3) is 5.92. The van der Waals surface area contributed by atoms with Crippen molar-refractivity contribution in [1.82, 2.24) is 0 Å². The Balaban J connectivity index is 3.11. The molecular formula is C6H15NO. The van der Waals surface area contributed by atoms with Gasteiger partial charge < -0.3 is 10.8 Å². The molecule has 0 aromatic rings. The van der Waals surface area contributed by atoms with Crippen LogP contribution in [-0.4, -0.2) is 10.8 Å². The molecule has 0 saturated carbocycles. The molecule has 0 rings (SSSR count). The SMILES string of the molecule is CCCCC(C)(N)O. The summed E-state index contributed by atoms with van der Waals surface area (Å²) >= 11 is 0. The number of nitrogens with two attached hydrogens (primary N) is 1. The molecule has 0 aliphatic carbocycles. The van der Waals surface area contributed by atoms with Gasteiger partial charge in [-0.05, 0) is 19.8 Å². The quantitative estimate of drug-likeness (QED) is 0.538. The molecule has 0 fully saturated rings. The fourth-order valence-electron chi connectivity index (χ4n) is 0.535. The minimum atomic E-state index is -0.948. The maximum atomic E-state index is 8.93. The van der Waals surface area contributed by atoms with E-state index in [1.165, 1.54) is 0 Å². The summed E-state index contributed by atoms with van der Waals surface area (Å²) in [6.45, 7) is 3.70. The van der Waals surface area contributed by atoms with Crippen LogP contribution in [0.1, 0.15) is 33.1 Å². The lowest BCUT2D eigenvalue weighted by Crippen LogP contribution is -2.35. The smallest absolute Gasteiger partial charge is 0.110 e. The van der Waals surface area contributed by atoms with Crippen molar-refractivity contribution in [2.24, 2.45) is 5.73 Å². The first-order valence-electron chi connectivity index (χ1n) is 3.07. The highest BCUT2D eigenvalue weighted by atomic mass is 16.3. The zero-order valence-corrected chi connectivity index (χ0v) is 5.65. The van der Waals surface area contributed by atoms with Crippen molar-refractivity contribution in [2.45, 2.75) is 38.8 Å². The summed E-state index contributed by atoms with van der Waals surface area (Å²) in [6.07, 6.45) is 2.79. The molecular weight excluding hydrogens is 102 g/mol. The highest BCUT2D eigenvalue weighted by Gasteiger charge is 2.10. The molecule has 0 amide bonds. The van der Waals surface area contributed by atoms with Crippen molar-refractivity contribution in [2.75, 3.05) is 0 Å². The summed E-state index contributed by atoms with van der Waals surface area (Å²) in [5.74, 6) is 0. The van der Waals surface area contributed by atoms with Gasteiger partial charge in [-0.25, -0.2) is 0 Å². The molecule has 3 N–H and O–H groups in total. The average molecular weight is 117 g/mol. The van der Waals surface area contributed by atoms with Crippen molar-refractivity contribution in [1.29, 1.82) is 0 Å². The molecule has 0 aromatic heterocycles. The molecule has 50 valence electrons. The van der Waals surface area contributed by atoms with E-state index in [-0.39, 0.29) is 0 Å². The Kier molecular flexibility index (Phi) is 3.02. The molecule has 0 aliphatic heterocycles. The Morgan fingerprint density at radius 1 is 1.62 bits per heavy atom. The van der Waals surface area contributed by atoms with E-state index in [1.54, 1.807) is 6.92 Å². The lowest BCUT2D eigenvalue weighted by Gasteiger charge is -2.15. The predicted octanol–water partition coefficient (Wildman–Crippen LogP) is 0.844. The summed E-state index contributed by atoms with van der Waals surface area (Å²) in [5, 5.41) is 8.93. The molecule has 0 heterocycles. The Hall–Kier alpha value is -0.0800. The number of hydrogen-bond acceptors (Lipinski definition) is 2. The first-order valence-corrected chi connectivity index (χ1v) is 3.07. The van der Waals surface area contributed by atoms with Crippen LogP contribution in [-0.2, 0) is 0 Å². The van der Waals surface area contributed by atoms with E-state index < -0.39 is 5.72 Å². The van der Waals surface area contributed by atoms with E-state index in [2.05, 4.69) is 6.92 Å². The highest BCUT2D eigenvalue weighted by molar-refractivity contribution is 4.60. The van der Waals surface area contributed by atoms with Gasteiger partial charge in [0.1, 0.15) is 5.72 Å². The molecule has 0 radical (unpaired) electrons. The summed E-state index contributed by atoms with van der Waals surface area (Å²) in [7, 11) is 0. The summed E-state index contributed by atoms with van der Waals surface area (Å²) in [5.41, 5.74) is 4.33. The summed E-state index contributed by atoms with van der Waals surface area (Å²) in [6, 6.07) is 0. The molecule has 0 aromatic carbocycles. The van der Waals surface area contributed by atoms with Gasteiger partial charge in [-0.2, -0.15) is 0 Å². The normalized spacial score (nSPS) is 18.0. The van der Waals surface area contributed by atoms with Crippen molar-refractivity contribution >= 4 is 0 Å². The fraction of sp³-hybridized carbons (Fsp3) is 1.00. The molecule has 0 bridgehead atoms. The lowest BCUT2D eigenvalue weighted by molar-refractivity contribution is 0.0556. The van der Waals surface area contributed by atoms with Crippen LogP contribution in [0.15, 0.2) is 0 Å². The van der Waals surface area contributed by atoms with Crippen LogP contribution < -0.4 is 5.73 Å². The van der Waals surface area contributed by atoms with Gasteiger partial charge in [-0.15, -0.1) is 0 Å². The summed E-state index contributed by atoms with van der Waals surface area (Å²) in [4.78, 5) is 0. The van der Waals surface area contributed by atoms with E-state index in [0.29, 0.717) is 6.42 Å². The molecule has 0 aliphatic rings. The van der Waals surface area contributed by atoms with Gasteiger partial charge in [0.25, 0.3) is 0 Å². The molecule has 1 atom stereocenters. The zero-order chi connectivity index (χ0) is 6.62. The number of hydrogen-bond donors (Lipinski definition) is 2. The topological polar surface area (TPSA) is 46.2 Å². The van der Waals surface area contributed by atoms with Crippen LogP contribution in [0.3, 0.4) is 0 Å². The van der Waals surface area contributed by atoms with Crippen molar-refractivity contribution < 1.29 is 5.11 Å². The second-order valence-electron chi connectivity index (χ2n) is 2.46. The Morgan fingerprint density at radius 3 is 2.25 bits per heavy atom. The third-order valence-corrected chi connectivity index (χ3v) is 1.04. The van der Waals surface area contributed by atoms with Gasteiger partial charge in [0.15, 0.2) is 0 Å². The van der Waals surface area contributed by atoms with Gasteiger partial charge in [-0.3, -0.25) is 0 Å². The van der Waals surface area contributed by atoms with E-state index in [4.69, 9.17) is 10.8 Å². The number of aliphatic hydroxyl groups is 1. The minimum absolute atomic E-state index is 0.698. The van der Waals surface area contributed by atoms with Gasteiger partial charge in [0.05, 0.1) is 0 Å². The van der Waals surface area contributed by atoms with Crippen LogP contribution in [0.25, 0.3) is 0 Å². The maximum absolute atomic E-state index is 8.93. The standard InChI is InChI=1S/C6H15NO/c1-3-4-5-6(2,7)8/h8H,3-5,7H2,1-2H3. The van der Waals surface area contributed by atoms with E-state index in [9.17, 15) is 0 Å². The van der Waals surface area contributed by atoms with Crippen LogP contribution in [0.5, 0.6) is 0 Å². The highest BCUT2D eigenvalue weighted by Crippen LogP contribution is 2.04. The molecule has 1 unspecified atom stereocenters. The lowest BCUT2D eigenvalue weighted by atomic mass is 10.1. The van der Waals surface area contributed by atoms with Gasteiger partial charge in [0, 0.05) is 0 Å². The Bertz CT molecular complexity index is 56.0. The third-order valence-electron chi connectivity index (χ3n) is 1.04. The van der Waals surface area contributed by atoms with Crippen molar-refractivity contribution in [3.63, 3.8) is 0 Å². The summed E-state index contributed by atoms with van der Waals surface area (Å²) < 4.78 is 0. The first-order chi connectivity index (χ1) is 3.56. The van der Waals surface area contributed by atoms with E-state index in [0.717, 1.165) is 12.8 Å². The predicted molar refractivity (Wildman–Crippen MR) is 34.3 cm³/mol. The van der Waals surface area contributed by atoms with Crippen molar-refractivity contribution in [3.05, 3.63) is 0 Å². The van der Waals surface area contributed by atoms with E-state index >= 15 is 0 Å². The molecule has 0 spiro atoms. The monoisotopic (exact) mass is 117 g/mol. The second-order valence-corrected chi connectivity index (χ2v) is 2.46. The van der Waals surface area contributed by atoms with Gasteiger partial charge >= 0.3 is 0 Å². The Labute approximate surface area is 50.7 Å². The van der Waals surface area contributed by atoms with Crippen LogP contribution >= 0.6 is 0 Å². The van der Waals surface area contributed by atoms with Gasteiger partial charge in [-0.1, -0.05) is 13.3 Å². The largest absolute Gasteiger partial charge is 0.376 e. The van der Waals surface area contributed by atoms with Crippen LogP contribution in [0.4, 0.5) is 0 Å². The average Bonchev–Trinajstić information content (AvgIpc) is 1.59. The fourth-order valence-corrected chi connectivity index (χ4v) is 0.535. The van der Waals surface area contributed by atoms with Crippen LogP contribution in [0, 0.1) is 0 Å². The first kappa shape index (κ1) is 7.92. The number of unbranched alkanes of at least 4 members (excludes halogenated alkanes) is 1. The molecule has 2 nitrogen and oxygen atoms in total. The minimum Gasteiger partial charge on any atom is -0.376 e. The molecule has 8 heavy (non-hydrogen) atoms. The zero-order valence-electron chi connectivity index (χ0n) is 5.65. The Morgan fingerprint density at radius 2 is 2.12 bits per heavy atom.